The van der Waals surface area contributed by atoms with Gasteiger partial charge in [-0.2, -0.15) is 5.10 Å². The van der Waals surface area contributed by atoms with E-state index in [0.717, 1.165) is 36.3 Å². The predicted molar refractivity (Wildman–Crippen MR) is 91.6 cm³/mol. The number of piperidine rings is 1. The lowest BCUT2D eigenvalue weighted by molar-refractivity contribution is -0.131. The summed E-state index contributed by atoms with van der Waals surface area (Å²) in [6.07, 6.45) is 5.37. The standard InChI is InChI=1S/C19H18F2N4O/c20-15-2-1-13(11-16(15)21)12-19(26)24-8-4-14(5-9-24)17-6-10-25-18(23-17)3-7-22-25/h1-3,6-7,10-11,14H,4-5,8-9,12H2. The van der Waals surface area contributed by atoms with Crippen LogP contribution >= 0.6 is 0 Å². The molecule has 0 aliphatic carbocycles. The Morgan fingerprint density at radius 3 is 2.69 bits per heavy atom. The van der Waals surface area contributed by atoms with Crippen LogP contribution in [0.15, 0.2) is 42.7 Å². The first-order valence-electron chi connectivity index (χ1n) is 8.62. The number of amides is 1. The summed E-state index contributed by atoms with van der Waals surface area (Å²) in [5.74, 6) is -1.57. The van der Waals surface area contributed by atoms with Gasteiger partial charge in [0.15, 0.2) is 17.3 Å². The van der Waals surface area contributed by atoms with Crippen LogP contribution in [0.3, 0.4) is 0 Å². The highest BCUT2D eigenvalue weighted by Crippen LogP contribution is 2.27. The van der Waals surface area contributed by atoms with Crippen molar-refractivity contribution in [2.45, 2.75) is 25.2 Å². The van der Waals surface area contributed by atoms with Gasteiger partial charge in [-0.25, -0.2) is 18.3 Å². The summed E-state index contributed by atoms with van der Waals surface area (Å²) >= 11 is 0. The average Bonchev–Trinajstić information content (AvgIpc) is 3.12. The maximum atomic E-state index is 13.3. The molecule has 1 aliphatic heterocycles. The van der Waals surface area contributed by atoms with Crippen LogP contribution in [0.4, 0.5) is 8.78 Å². The molecule has 0 radical (unpaired) electrons. The molecule has 5 nitrogen and oxygen atoms in total. The lowest BCUT2D eigenvalue weighted by atomic mass is 9.93. The number of rotatable bonds is 3. The molecule has 4 rings (SSSR count). The molecule has 1 aromatic carbocycles. The highest BCUT2D eigenvalue weighted by atomic mass is 19.2. The van der Waals surface area contributed by atoms with E-state index >= 15 is 0 Å². The second-order valence-corrected chi connectivity index (χ2v) is 6.57. The average molecular weight is 356 g/mol. The first-order valence-corrected chi connectivity index (χ1v) is 8.62. The summed E-state index contributed by atoms with van der Waals surface area (Å²) in [4.78, 5) is 18.9. The van der Waals surface area contributed by atoms with Gasteiger partial charge in [0.2, 0.25) is 5.91 Å². The van der Waals surface area contributed by atoms with Gasteiger partial charge < -0.3 is 4.90 Å². The molecule has 0 atom stereocenters. The fourth-order valence-electron chi connectivity index (χ4n) is 3.42. The van der Waals surface area contributed by atoms with Crippen molar-refractivity contribution in [1.82, 2.24) is 19.5 Å². The van der Waals surface area contributed by atoms with Crippen molar-refractivity contribution >= 4 is 11.6 Å². The van der Waals surface area contributed by atoms with Crippen LogP contribution < -0.4 is 0 Å². The summed E-state index contributed by atoms with van der Waals surface area (Å²) in [7, 11) is 0. The Morgan fingerprint density at radius 1 is 1.12 bits per heavy atom. The van der Waals surface area contributed by atoms with Crippen LogP contribution in [0.5, 0.6) is 0 Å². The van der Waals surface area contributed by atoms with Crippen molar-refractivity contribution in [3.63, 3.8) is 0 Å². The lowest BCUT2D eigenvalue weighted by Gasteiger charge is -2.32. The van der Waals surface area contributed by atoms with Gasteiger partial charge in [0.05, 0.1) is 12.6 Å². The van der Waals surface area contributed by atoms with Gasteiger partial charge in [-0.1, -0.05) is 6.07 Å². The minimum atomic E-state index is -0.921. The fourth-order valence-corrected chi connectivity index (χ4v) is 3.42. The summed E-state index contributed by atoms with van der Waals surface area (Å²) in [5, 5.41) is 4.14. The van der Waals surface area contributed by atoms with Gasteiger partial charge in [-0.3, -0.25) is 4.79 Å². The molecule has 3 heterocycles. The highest BCUT2D eigenvalue weighted by molar-refractivity contribution is 5.78. The van der Waals surface area contributed by atoms with Crippen LogP contribution in [0, 0.1) is 11.6 Å². The van der Waals surface area contributed by atoms with E-state index in [0.29, 0.717) is 24.6 Å². The lowest BCUT2D eigenvalue weighted by Crippen LogP contribution is -2.39. The van der Waals surface area contributed by atoms with Gasteiger partial charge >= 0.3 is 0 Å². The van der Waals surface area contributed by atoms with Gasteiger partial charge in [-0.05, 0) is 36.6 Å². The van der Waals surface area contributed by atoms with E-state index in [1.807, 2.05) is 18.3 Å². The number of hydrogen-bond donors (Lipinski definition) is 0. The number of likely N-dealkylation sites (tertiary alicyclic amines) is 1. The summed E-state index contributed by atoms with van der Waals surface area (Å²) < 4.78 is 28.0. The second kappa shape index (κ2) is 6.82. The zero-order chi connectivity index (χ0) is 18.1. The quantitative estimate of drug-likeness (QED) is 0.725. The number of halogens is 2. The smallest absolute Gasteiger partial charge is 0.226 e. The van der Waals surface area contributed by atoms with E-state index < -0.39 is 11.6 Å². The number of carbonyl (C=O) groups excluding carboxylic acids is 1. The number of nitrogens with zero attached hydrogens (tertiary/aromatic N) is 4. The molecule has 134 valence electrons. The molecule has 0 unspecified atom stereocenters. The Balaban J connectivity index is 1.37. The number of benzene rings is 1. The third-order valence-corrected chi connectivity index (χ3v) is 4.88. The molecule has 0 N–H and O–H groups in total. The molecule has 1 amide bonds. The maximum Gasteiger partial charge on any atom is 0.226 e. The molecular formula is C19H18F2N4O. The molecule has 0 bridgehead atoms. The highest BCUT2D eigenvalue weighted by Gasteiger charge is 2.25. The predicted octanol–water partition coefficient (Wildman–Crippen LogP) is 2.96. The van der Waals surface area contributed by atoms with E-state index in [2.05, 4.69) is 10.1 Å². The largest absolute Gasteiger partial charge is 0.342 e. The van der Waals surface area contributed by atoms with Crippen molar-refractivity contribution in [3.8, 4) is 0 Å². The summed E-state index contributed by atoms with van der Waals surface area (Å²) in [6.45, 7) is 1.28. The molecule has 0 spiro atoms. The van der Waals surface area contributed by atoms with E-state index in [4.69, 9.17) is 0 Å². The normalized spacial score (nSPS) is 15.5. The monoisotopic (exact) mass is 356 g/mol. The Bertz CT molecular complexity index is 948. The first kappa shape index (κ1) is 16.6. The molecule has 7 heteroatoms. The zero-order valence-electron chi connectivity index (χ0n) is 14.1. The first-order chi connectivity index (χ1) is 12.6. The molecule has 2 aromatic heterocycles. The van der Waals surface area contributed by atoms with Crippen molar-refractivity contribution in [2.24, 2.45) is 0 Å². The zero-order valence-corrected chi connectivity index (χ0v) is 14.1. The maximum absolute atomic E-state index is 13.3. The minimum absolute atomic E-state index is 0.0614. The number of carbonyl (C=O) groups is 1. The Labute approximate surface area is 149 Å². The number of fused-ring (bicyclic) bond motifs is 1. The van der Waals surface area contributed by atoms with Crippen molar-refractivity contribution in [2.75, 3.05) is 13.1 Å². The van der Waals surface area contributed by atoms with Crippen LogP contribution in [0.2, 0.25) is 0 Å². The molecule has 26 heavy (non-hydrogen) atoms. The van der Waals surface area contributed by atoms with Crippen LogP contribution in [0.25, 0.3) is 5.65 Å². The fraction of sp³-hybridized carbons (Fsp3) is 0.316. The molecule has 1 aliphatic rings. The van der Waals surface area contributed by atoms with Crippen LogP contribution in [-0.2, 0) is 11.2 Å². The SMILES string of the molecule is O=C(Cc1ccc(F)c(F)c1)N1CCC(c2ccn3nccc3n2)CC1. The Morgan fingerprint density at radius 2 is 1.92 bits per heavy atom. The number of hydrogen-bond acceptors (Lipinski definition) is 3. The van der Waals surface area contributed by atoms with Crippen molar-refractivity contribution in [1.29, 1.82) is 0 Å². The van der Waals surface area contributed by atoms with Gasteiger partial charge in [0.25, 0.3) is 0 Å². The topological polar surface area (TPSA) is 50.5 Å². The van der Waals surface area contributed by atoms with Gasteiger partial charge in [-0.15, -0.1) is 0 Å². The number of aromatic nitrogens is 3. The van der Waals surface area contributed by atoms with Crippen molar-refractivity contribution in [3.05, 3.63) is 65.6 Å². The summed E-state index contributed by atoms with van der Waals surface area (Å²) in [6, 6.07) is 7.44. The van der Waals surface area contributed by atoms with Gasteiger partial charge in [0, 0.05) is 37.0 Å². The Hall–Kier alpha value is -2.83. The van der Waals surface area contributed by atoms with Crippen molar-refractivity contribution < 1.29 is 13.6 Å². The van der Waals surface area contributed by atoms with Gasteiger partial charge in [0.1, 0.15) is 0 Å². The third-order valence-electron chi connectivity index (χ3n) is 4.88. The second-order valence-electron chi connectivity index (χ2n) is 6.57. The Kier molecular flexibility index (Phi) is 4.36. The van der Waals surface area contributed by atoms with E-state index in [1.54, 1.807) is 15.6 Å². The van der Waals surface area contributed by atoms with Crippen LogP contribution in [-0.4, -0.2) is 38.5 Å². The molecule has 1 saturated heterocycles. The third kappa shape index (κ3) is 3.29. The van der Waals surface area contributed by atoms with E-state index in [-0.39, 0.29) is 12.3 Å². The van der Waals surface area contributed by atoms with Crippen LogP contribution in [0.1, 0.15) is 30.0 Å². The molecular weight excluding hydrogens is 338 g/mol. The minimum Gasteiger partial charge on any atom is -0.342 e. The van der Waals surface area contributed by atoms with E-state index in [1.165, 1.54) is 6.07 Å². The van der Waals surface area contributed by atoms with E-state index in [9.17, 15) is 13.6 Å². The molecule has 0 saturated carbocycles. The molecule has 3 aromatic rings. The summed E-state index contributed by atoms with van der Waals surface area (Å²) in [5.41, 5.74) is 2.33. The molecule has 1 fully saturated rings.